The minimum absolute atomic E-state index is 0.250. The van der Waals surface area contributed by atoms with Gasteiger partial charge in [0.1, 0.15) is 5.82 Å². The quantitative estimate of drug-likeness (QED) is 0.633. The molecule has 0 fully saturated rings. The van der Waals surface area contributed by atoms with Crippen LogP contribution in [0.1, 0.15) is 21.5 Å². The molecule has 0 aliphatic carbocycles. The summed E-state index contributed by atoms with van der Waals surface area (Å²) in [6.45, 7) is 0.872. The standard InChI is InChI=1S/C21H19ClFN3O/c22-19-7-3-1-6-16(19)13-26-18-11-17(12-24-14-18)21(27)25-10-9-15-5-2-4-8-20(15)23/h1-8,11-12,14,26H,9-10,13H2,(H,25,27). The van der Waals surface area contributed by atoms with Crippen molar-refractivity contribution in [3.8, 4) is 0 Å². The molecule has 0 saturated carbocycles. The third kappa shape index (κ3) is 5.28. The van der Waals surface area contributed by atoms with Gasteiger partial charge >= 0.3 is 0 Å². The van der Waals surface area contributed by atoms with Gasteiger partial charge in [0.2, 0.25) is 0 Å². The molecule has 0 spiro atoms. The average molecular weight is 384 g/mol. The summed E-state index contributed by atoms with van der Waals surface area (Å²) >= 11 is 6.14. The Morgan fingerprint density at radius 3 is 2.56 bits per heavy atom. The summed E-state index contributed by atoms with van der Waals surface area (Å²) in [5.41, 5.74) is 2.69. The van der Waals surface area contributed by atoms with E-state index in [0.29, 0.717) is 35.7 Å². The summed E-state index contributed by atoms with van der Waals surface area (Å²) in [7, 11) is 0. The van der Waals surface area contributed by atoms with Gasteiger partial charge in [-0.15, -0.1) is 0 Å². The topological polar surface area (TPSA) is 54.0 Å². The Labute approximate surface area is 162 Å². The highest BCUT2D eigenvalue weighted by molar-refractivity contribution is 6.31. The van der Waals surface area contributed by atoms with Crippen molar-refractivity contribution in [1.82, 2.24) is 10.3 Å². The number of rotatable bonds is 7. The van der Waals surface area contributed by atoms with Crippen LogP contribution in [0.4, 0.5) is 10.1 Å². The number of nitrogens with one attached hydrogen (secondary N) is 2. The van der Waals surface area contributed by atoms with E-state index < -0.39 is 0 Å². The van der Waals surface area contributed by atoms with Crippen molar-refractivity contribution in [2.75, 3.05) is 11.9 Å². The van der Waals surface area contributed by atoms with Crippen molar-refractivity contribution in [1.29, 1.82) is 0 Å². The number of hydrogen-bond acceptors (Lipinski definition) is 3. The lowest BCUT2D eigenvalue weighted by molar-refractivity contribution is 0.0953. The molecule has 138 valence electrons. The zero-order chi connectivity index (χ0) is 19.1. The summed E-state index contributed by atoms with van der Waals surface area (Å²) in [5.74, 6) is -0.514. The van der Waals surface area contributed by atoms with Gasteiger partial charge in [0, 0.05) is 30.5 Å². The molecule has 27 heavy (non-hydrogen) atoms. The number of nitrogens with zero attached hydrogens (tertiary/aromatic N) is 1. The van der Waals surface area contributed by atoms with Gasteiger partial charge in [0.25, 0.3) is 5.91 Å². The number of pyridine rings is 1. The monoisotopic (exact) mass is 383 g/mol. The number of aromatic nitrogens is 1. The Hall–Kier alpha value is -2.92. The van der Waals surface area contributed by atoms with Crippen LogP contribution >= 0.6 is 11.6 Å². The van der Waals surface area contributed by atoms with Crippen LogP contribution in [0.15, 0.2) is 67.0 Å². The number of halogens is 2. The maximum absolute atomic E-state index is 13.6. The molecule has 0 atom stereocenters. The first-order valence-corrected chi connectivity index (χ1v) is 8.95. The van der Waals surface area contributed by atoms with Crippen LogP contribution in [0.5, 0.6) is 0 Å². The first-order valence-electron chi connectivity index (χ1n) is 8.57. The molecule has 2 N–H and O–H groups in total. The Bertz CT molecular complexity index is 933. The van der Waals surface area contributed by atoms with E-state index in [-0.39, 0.29) is 11.7 Å². The largest absolute Gasteiger partial charge is 0.380 e. The molecule has 1 aromatic heterocycles. The van der Waals surface area contributed by atoms with Gasteiger partial charge in [-0.3, -0.25) is 9.78 Å². The fourth-order valence-corrected chi connectivity index (χ4v) is 2.82. The molecule has 6 heteroatoms. The van der Waals surface area contributed by atoms with Gasteiger partial charge in [-0.25, -0.2) is 4.39 Å². The Morgan fingerprint density at radius 1 is 1.04 bits per heavy atom. The molecule has 0 aliphatic heterocycles. The van der Waals surface area contributed by atoms with Crippen molar-refractivity contribution < 1.29 is 9.18 Å². The van der Waals surface area contributed by atoms with Crippen LogP contribution in [0.2, 0.25) is 5.02 Å². The summed E-state index contributed by atoms with van der Waals surface area (Å²) in [6, 6.07) is 15.8. The zero-order valence-corrected chi connectivity index (χ0v) is 15.3. The van der Waals surface area contributed by atoms with Gasteiger partial charge < -0.3 is 10.6 Å². The van der Waals surface area contributed by atoms with Crippen molar-refractivity contribution in [3.63, 3.8) is 0 Å². The van der Waals surface area contributed by atoms with E-state index in [0.717, 1.165) is 11.3 Å². The molecule has 0 unspecified atom stereocenters. The van der Waals surface area contributed by atoms with Gasteiger partial charge in [0.05, 0.1) is 11.3 Å². The minimum atomic E-state index is -0.265. The second-order valence-electron chi connectivity index (χ2n) is 6.00. The third-order valence-electron chi connectivity index (χ3n) is 4.08. The highest BCUT2D eigenvalue weighted by Gasteiger charge is 2.08. The average Bonchev–Trinajstić information content (AvgIpc) is 2.69. The molecule has 3 aromatic rings. The summed E-state index contributed by atoms with van der Waals surface area (Å²) < 4.78 is 13.6. The molecule has 0 radical (unpaired) electrons. The van der Waals surface area contributed by atoms with E-state index in [9.17, 15) is 9.18 Å². The molecular weight excluding hydrogens is 365 g/mol. The fourth-order valence-electron chi connectivity index (χ4n) is 2.61. The van der Waals surface area contributed by atoms with Gasteiger partial charge in [0.15, 0.2) is 0 Å². The van der Waals surface area contributed by atoms with E-state index in [4.69, 9.17) is 11.6 Å². The normalized spacial score (nSPS) is 10.4. The molecule has 4 nitrogen and oxygen atoms in total. The number of benzene rings is 2. The lowest BCUT2D eigenvalue weighted by atomic mass is 10.1. The number of carbonyl (C=O) groups excluding carboxylic acids is 1. The Morgan fingerprint density at radius 2 is 1.78 bits per heavy atom. The van der Waals surface area contributed by atoms with Crippen molar-refractivity contribution in [2.45, 2.75) is 13.0 Å². The van der Waals surface area contributed by atoms with Gasteiger partial charge in [-0.2, -0.15) is 0 Å². The predicted octanol–water partition coefficient (Wildman–Crippen LogP) is 4.46. The highest BCUT2D eigenvalue weighted by atomic mass is 35.5. The number of anilines is 1. The molecule has 0 bridgehead atoms. The first-order chi connectivity index (χ1) is 13.1. The maximum Gasteiger partial charge on any atom is 0.252 e. The van der Waals surface area contributed by atoms with E-state index in [2.05, 4.69) is 15.6 Å². The highest BCUT2D eigenvalue weighted by Crippen LogP contribution is 2.17. The molecule has 0 saturated heterocycles. The van der Waals surface area contributed by atoms with Crippen LogP contribution in [0.25, 0.3) is 0 Å². The number of amides is 1. The van der Waals surface area contributed by atoms with Crippen LogP contribution in [-0.4, -0.2) is 17.4 Å². The second kappa shape index (κ2) is 9.14. The molecular formula is C21H19ClFN3O. The van der Waals surface area contributed by atoms with Crippen LogP contribution in [0.3, 0.4) is 0 Å². The summed E-state index contributed by atoms with van der Waals surface area (Å²) in [4.78, 5) is 16.4. The maximum atomic E-state index is 13.6. The molecule has 1 amide bonds. The molecule has 0 aliphatic rings. The first kappa shape index (κ1) is 18.9. The van der Waals surface area contributed by atoms with Gasteiger partial charge in [-0.1, -0.05) is 48.0 Å². The predicted molar refractivity (Wildman–Crippen MR) is 105 cm³/mol. The lowest BCUT2D eigenvalue weighted by Gasteiger charge is -2.10. The van der Waals surface area contributed by atoms with E-state index in [1.54, 1.807) is 30.5 Å². The van der Waals surface area contributed by atoms with Crippen LogP contribution in [0, 0.1) is 5.82 Å². The third-order valence-corrected chi connectivity index (χ3v) is 4.45. The van der Waals surface area contributed by atoms with E-state index >= 15 is 0 Å². The van der Waals surface area contributed by atoms with Crippen molar-refractivity contribution in [2.24, 2.45) is 0 Å². The Balaban J connectivity index is 1.55. The molecule has 2 aromatic carbocycles. The van der Waals surface area contributed by atoms with Crippen LogP contribution < -0.4 is 10.6 Å². The Kier molecular flexibility index (Phi) is 6.39. The number of hydrogen-bond donors (Lipinski definition) is 2. The van der Waals surface area contributed by atoms with Crippen LogP contribution in [-0.2, 0) is 13.0 Å². The molecule has 3 rings (SSSR count). The number of carbonyl (C=O) groups is 1. The SMILES string of the molecule is O=C(NCCc1ccccc1F)c1cncc(NCc2ccccc2Cl)c1. The smallest absolute Gasteiger partial charge is 0.252 e. The van der Waals surface area contributed by atoms with E-state index in [1.807, 2.05) is 24.3 Å². The van der Waals surface area contributed by atoms with Gasteiger partial charge in [-0.05, 0) is 35.7 Å². The lowest BCUT2D eigenvalue weighted by Crippen LogP contribution is -2.26. The van der Waals surface area contributed by atoms with Crippen molar-refractivity contribution in [3.05, 3.63) is 94.5 Å². The fraction of sp³-hybridized carbons (Fsp3) is 0.143. The van der Waals surface area contributed by atoms with E-state index in [1.165, 1.54) is 12.3 Å². The second-order valence-corrected chi connectivity index (χ2v) is 6.41. The zero-order valence-electron chi connectivity index (χ0n) is 14.6. The summed E-state index contributed by atoms with van der Waals surface area (Å²) in [6.07, 6.45) is 3.57. The minimum Gasteiger partial charge on any atom is -0.380 e. The van der Waals surface area contributed by atoms with Crippen molar-refractivity contribution >= 4 is 23.2 Å². The summed E-state index contributed by atoms with van der Waals surface area (Å²) in [5, 5.41) is 6.68. The molecule has 1 heterocycles.